The van der Waals surface area contributed by atoms with Crippen molar-refractivity contribution in [1.82, 2.24) is 19.4 Å². The molecule has 0 amide bonds. The zero-order valence-corrected chi connectivity index (χ0v) is 6.71. The molecule has 0 aliphatic heterocycles. The molecule has 0 radical (unpaired) electrons. The smallest absolute Gasteiger partial charge is 0.227 e. The van der Waals surface area contributed by atoms with Gasteiger partial charge in [-0.1, -0.05) is 0 Å². The number of fused-ring (bicyclic) bond motifs is 1. The first kappa shape index (κ1) is 6.82. The Bertz CT molecular complexity index is 396. The van der Waals surface area contributed by atoms with E-state index in [-0.39, 0.29) is 10.6 Å². The topological polar surface area (TPSA) is 43.1 Å². The van der Waals surface area contributed by atoms with Crippen molar-refractivity contribution in [2.75, 3.05) is 0 Å². The zero-order valence-electron chi connectivity index (χ0n) is 5.20. The summed E-state index contributed by atoms with van der Waals surface area (Å²) in [6.07, 6.45) is 3.08. The standard InChI is InChI=1S/C5H2Cl2N4/c6-4-9-3-1-8-2-11(3)5(7)10-4/h1-2H. The number of hydrogen-bond acceptors (Lipinski definition) is 3. The van der Waals surface area contributed by atoms with Gasteiger partial charge in [0.05, 0.1) is 6.20 Å². The first-order chi connectivity index (χ1) is 5.27. The Hall–Kier alpha value is -0.870. The van der Waals surface area contributed by atoms with Crippen LogP contribution < -0.4 is 0 Å². The molecule has 2 heterocycles. The predicted octanol–water partition coefficient (Wildman–Crippen LogP) is 1.43. The molecular formula is C5H2Cl2N4. The van der Waals surface area contributed by atoms with Gasteiger partial charge < -0.3 is 0 Å². The van der Waals surface area contributed by atoms with E-state index in [0.717, 1.165) is 0 Å². The minimum absolute atomic E-state index is 0.128. The summed E-state index contributed by atoms with van der Waals surface area (Å²) in [6, 6.07) is 0. The quantitative estimate of drug-likeness (QED) is 0.629. The van der Waals surface area contributed by atoms with E-state index in [1.54, 1.807) is 6.20 Å². The molecule has 0 bridgehead atoms. The van der Waals surface area contributed by atoms with Gasteiger partial charge in [0.15, 0.2) is 5.65 Å². The van der Waals surface area contributed by atoms with Crippen LogP contribution in [0, 0.1) is 0 Å². The summed E-state index contributed by atoms with van der Waals surface area (Å²) in [6.45, 7) is 0. The van der Waals surface area contributed by atoms with Gasteiger partial charge in [0.1, 0.15) is 6.33 Å². The van der Waals surface area contributed by atoms with Crippen molar-refractivity contribution in [3.05, 3.63) is 23.1 Å². The van der Waals surface area contributed by atoms with E-state index in [2.05, 4.69) is 15.0 Å². The third kappa shape index (κ3) is 1.04. The van der Waals surface area contributed by atoms with Crippen molar-refractivity contribution in [2.24, 2.45) is 0 Å². The van der Waals surface area contributed by atoms with Crippen LogP contribution in [0.5, 0.6) is 0 Å². The molecule has 0 N–H and O–H groups in total. The highest BCUT2D eigenvalue weighted by Gasteiger charge is 2.01. The van der Waals surface area contributed by atoms with Gasteiger partial charge in [0.2, 0.25) is 10.6 Å². The molecule has 0 saturated carbocycles. The van der Waals surface area contributed by atoms with E-state index < -0.39 is 0 Å². The molecule has 0 aliphatic rings. The van der Waals surface area contributed by atoms with Crippen LogP contribution in [0.1, 0.15) is 0 Å². The summed E-state index contributed by atoms with van der Waals surface area (Å²) in [7, 11) is 0. The van der Waals surface area contributed by atoms with Crippen molar-refractivity contribution >= 4 is 28.8 Å². The summed E-state index contributed by atoms with van der Waals surface area (Å²) in [5, 5.41) is 0.389. The Labute approximate surface area is 71.8 Å². The Morgan fingerprint density at radius 1 is 1.27 bits per heavy atom. The summed E-state index contributed by atoms with van der Waals surface area (Å²) < 4.78 is 1.54. The Morgan fingerprint density at radius 2 is 2.09 bits per heavy atom. The zero-order chi connectivity index (χ0) is 7.84. The largest absolute Gasteiger partial charge is 0.257 e. The fraction of sp³-hybridized carbons (Fsp3) is 0. The minimum Gasteiger partial charge on any atom is -0.257 e. The van der Waals surface area contributed by atoms with Crippen LogP contribution in [0.25, 0.3) is 5.65 Å². The maximum Gasteiger partial charge on any atom is 0.227 e. The van der Waals surface area contributed by atoms with Gasteiger partial charge in [-0.3, -0.25) is 4.40 Å². The average Bonchev–Trinajstić information content (AvgIpc) is 2.34. The SMILES string of the molecule is Clc1nc(Cl)n2cncc2n1. The van der Waals surface area contributed by atoms with Crippen LogP contribution in [0.2, 0.25) is 10.6 Å². The van der Waals surface area contributed by atoms with Gasteiger partial charge >= 0.3 is 0 Å². The van der Waals surface area contributed by atoms with E-state index in [0.29, 0.717) is 5.65 Å². The van der Waals surface area contributed by atoms with Gasteiger partial charge in [-0.15, -0.1) is 0 Å². The van der Waals surface area contributed by atoms with Crippen LogP contribution in [0.3, 0.4) is 0 Å². The Balaban J connectivity index is 2.91. The normalized spacial score (nSPS) is 10.7. The molecule has 4 nitrogen and oxygen atoms in total. The molecule has 56 valence electrons. The summed E-state index contributed by atoms with van der Waals surface area (Å²) in [5.74, 6) is 0. The first-order valence-electron chi connectivity index (χ1n) is 2.78. The summed E-state index contributed by atoms with van der Waals surface area (Å²) >= 11 is 11.2. The van der Waals surface area contributed by atoms with Crippen LogP contribution in [-0.4, -0.2) is 19.4 Å². The lowest BCUT2D eigenvalue weighted by Crippen LogP contribution is -1.92. The number of hydrogen-bond donors (Lipinski definition) is 0. The van der Waals surface area contributed by atoms with E-state index in [1.165, 1.54) is 10.7 Å². The lowest BCUT2D eigenvalue weighted by molar-refractivity contribution is 1.02. The number of rotatable bonds is 0. The second kappa shape index (κ2) is 2.32. The number of aromatic nitrogens is 4. The van der Waals surface area contributed by atoms with Crippen LogP contribution in [0.4, 0.5) is 0 Å². The predicted molar refractivity (Wildman–Crippen MR) is 40.8 cm³/mol. The second-order valence-corrected chi connectivity index (χ2v) is 2.56. The number of nitrogens with zero attached hydrogens (tertiary/aromatic N) is 4. The fourth-order valence-corrected chi connectivity index (χ4v) is 1.18. The molecular weight excluding hydrogens is 187 g/mol. The van der Waals surface area contributed by atoms with Crippen LogP contribution in [-0.2, 0) is 0 Å². The molecule has 0 aromatic carbocycles. The van der Waals surface area contributed by atoms with E-state index >= 15 is 0 Å². The van der Waals surface area contributed by atoms with E-state index in [4.69, 9.17) is 23.2 Å². The van der Waals surface area contributed by atoms with Gasteiger partial charge in [0, 0.05) is 0 Å². The molecule has 0 fully saturated rings. The Kier molecular flexibility index (Phi) is 1.44. The van der Waals surface area contributed by atoms with Gasteiger partial charge in [-0.05, 0) is 23.2 Å². The van der Waals surface area contributed by atoms with Crippen molar-refractivity contribution in [3.8, 4) is 0 Å². The van der Waals surface area contributed by atoms with Crippen LogP contribution >= 0.6 is 23.2 Å². The molecule has 0 aliphatic carbocycles. The lowest BCUT2D eigenvalue weighted by atomic mass is 10.8. The maximum atomic E-state index is 5.69. The molecule has 2 aromatic rings. The van der Waals surface area contributed by atoms with E-state index in [9.17, 15) is 0 Å². The van der Waals surface area contributed by atoms with Crippen molar-refractivity contribution in [2.45, 2.75) is 0 Å². The maximum absolute atomic E-state index is 5.69. The highest BCUT2D eigenvalue weighted by Crippen LogP contribution is 2.10. The summed E-state index contributed by atoms with van der Waals surface area (Å²) in [4.78, 5) is 11.4. The average molecular weight is 189 g/mol. The number of halogens is 2. The van der Waals surface area contributed by atoms with Crippen LogP contribution in [0.15, 0.2) is 12.5 Å². The number of imidazole rings is 1. The van der Waals surface area contributed by atoms with Gasteiger partial charge in [0.25, 0.3) is 0 Å². The fourth-order valence-electron chi connectivity index (χ4n) is 0.762. The van der Waals surface area contributed by atoms with Crippen molar-refractivity contribution in [3.63, 3.8) is 0 Å². The molecule has 2 aromatic heterocycles. The molecule has 0 atom stereocenters. The van der Waals surface area contributed by atoms with Crippen molar-refractivity contribution in [1.29, 1.82) is 0 Å². The van der Waals surface area contributed by atoms with Crippen molar-refractivity contribution < 1.29 is 0 Å². The molecule has 2 rings (SSSR count). The molecule has 11 heavy (non-hydrogen) atoms. The van der Waals surface area contributed by atoms with Gasteiger partial charge in [-0.25, -0.2) is 4.98 Å². The lowest BCUT2D eigenvalue weighted by Gasteiger charge is -1.94. The molecule has 0 saturated heterocycles. The van der Waals surface area contributed by atoms with Gasteiger partial charge in [-0.2, -0.15) is 9.97 Å². The van der Waals surface area contributed by atoms with E-state index in [1.807, 2.05) is 0 Å². The molecule has 0 spiro atoms. The third-order valence-electron chi connectivity index (χ3n) is 1.21. The summed E-state index contributed by atoms with van der Waals surface area (Å²) in [5.41, 5.74) is 0.593. The highest BCUT2D eigenvalue weighted by atomic mass is 35.5. The second-order valence-electron chi connectivity index (χ2n) is 1.88. The third-order valence-corrected chi connectivity index (χ3v) is 1.64. The Morgan fingerprint density at radius 3 is 2.91 bits per heavy atom. The minimum atomic E-state index is 0.128. The monoisotopic (exact) mass is 188 g/mol. The molecule has 0 unspecified atom stereocenters. The highest BCUT2D eigenvalue weighted by molar-refractivity contribution is 6.31. The first-order valence-corrected chi connectivity index (χ1v) is 3.54. The molecule has 6 heteroatoms.